The Kier molecular flexibility index (Phi) is 3.78. The van der Waals surface area contributed by atoms with Gasteiger partial charge in [0.05, 0.1) is 0 Å². The van der Waals surface area contributed by atoms with Gasteiger partial charge in [0.1, 0.15) is 17.2 Å². The van der Waals surface area contributed by atoms with E-state index in [1.807, 2.05) is 6.92 Å². The number of halogens is 1. The summed E-state index contributed by atoms with van der Waals surface area (Å²) in [5, 5.41) is 3.88. The number of hydrogen-bond acceptors (Lipinski definition) is 4. The molecule has 0 spiro atoms. The minimum Gasteiger partial charge on any atom is -0.361 e. The fourth-order valence-electron chi connectivity index (χ4n) is 2.52. The van der Waals surface area contributed by atoms with Crippen molar-refractivity contribution in [2.45, 2.75) is 50.7 Å². The molecule has 0 unspecified atom stereocenters. The summed E-state index contributed by atoms with van der Waals surface area (Å²) in [5.74, 6) is 1.04. The van der Waals surface area contributed by atoms with Crippen LogP contribution in [0.5, 0.6) is 0 Å². The molecule has 1 aliphatic rings. The van der Waals surface area contributed by atoms with Crippen LogP contribution in [-0.4, -0.2) is 13.6 Å². The van der Waals surface area contributed by atoms with E-state index in [9.17, 15) is 8.42 Å². The van der Waals surface area contributed by atoms with Gasteiger partial charge in [-0.1, -0.05) is 24.9 Å². The third kappa shape index (κ3) is 3.01. The molecule has 1 saturated carbocycles. The Hall–Kier alpha value is -0.550. The van der Waals surface area contributed by atoms with Crippen molar-refractivity contribution >= 4 is 19.7 Å². The quantitative estimate of drug-likeness (QED) is 0.794. The standard InChI is InChI=1S/C11H16ClNO3S/c1-2-9-10(7-17(12,14)15)13-16-11(9)8-5-3-4-6-8/h8H,2-7H2,1H3. The Morgan fingerprint density at radius 2 is 2.06 bits per heavy atom. The molecule has 0 amide bonds. The van der Waals surface area contributed by atoms with Gasteiger partial charge in [0, 0.05) is 22.2 Å². The zero-order valence-electron chi connectivity index (χ0n) is 9.78. The van der Waals surface area contributed by atoms with Crippen LogP contribution in [0.15, 0.2) is 4.52 Å². The van der Waals surface area contributed by atoms with Crippen molar-refractivity contribution in [2.24, 2.45) is 0 Å². The lowest BCUT2D eigenvalue weighted by atomic mass is 9.99. The monoisotopic (exact) mass is 277 g/mol. The van der Waals surface area contributed by atoms with Gasteiger partial charge < -0.3 is 4.52 Å². The van der Waals surface area contributed by atoms with Crippen LogP contribution in [0.3, 0.4) is 0 Å². The minimum absolute atomic E-state index is 0.242. The molecule has 17 heavy (non-hydrogen) atoms. The summed E-state index contributed by atoms with van der Waals surface area (Å²) < 4.78 is 27.5. The van der Waals surface area contributed by atoms with E-state index in [-0.39, 0.29) is 5.75 Å². The van der Waals surface area contributed by atoms with E-state index in [1.165, 1.54) is 12.8 Å². The van der Waals surface area contributed by atoms with Crippen LogP contribution in [0, 0.1) is 0 Å². The smallest absolute Gasteiger partial charge is 0.238 e. The molecular weight excluding hydrogens is 262 g/mol. The zero-order chi connectivity index (χ0) is 12.5. The Morgan fingerprint density at radius 3 is 2.59 bits per heavy atom. The van der Waals surface area contributed by atoms with Gasteiger partial charge in [-0.15, -0.1) is 0 Å². The van der Waals surface area contributed by atoms with E-state index in [0.717, 1.165) is 30.6 Å². The molecule has 0 aliphatic heterocycles. The highest BCUT2D eigenvalue weighted by atomic mass is 35.7. The maximum Gasteiger partial charge on any atom is 0.238 e. The molecule has 1 aliphatic carbocycles. The third-order valence-corrected chi connectivity index (χ3v) is 4.23. The van der Waals surface area contributed by atoms with Crippen LogP contribution in [0.2, 0.25) is 0 Å². The summed E-state index contributed by atoms with van der Waals surface area (Å²) in [7, 11) is 1.69. The fraction of sp³-hybridized carbons (Fsp3) is 0.727. The van der Waals surface area contributed by atoms with Gasteiger partial charge in [-0.2, -0.15) is 0 Å². The van der Waals surface area contributed by atoms with Gasteiger partial charge in [0.2, 0.25) is 9.05 Å². The van der Waals surface area contributed by atoms with E-state index in [1.54, 1.807) is 0 Å². The topological polar surface area (TPSA) is 60.2 Å². The van der Waals surface area contributed by atoms with Crippen LogP contribution < -0.4 is 0 Å². The Balaban J connectivity index is 2.29. The molecule has 2 rings (SSSR count). The molecule has 1 aromatic rings. The molecule has 1 fully saturated rings. The minimum atomic E-state index is -3.57. The molecule has 0 aromatic carbocycles. The van der Waals surface area contributed by atoms with Crippen LogP contribution in [-0.2, 0) is 21.2 Å². The average molecular weight is 278 g/mol. The van der Waals surface area contributed by atoms with Crippen molar-refractivity contribution in [3.8, 4) is 0 Å². The molecule has 0 radical (unpaired) electrons. The predicted octanol–water partition coefficient (Wildman–Crippen LogP) is 2.96. The second kappa shape index (κ2) is 4.98. The Morgan fingerprint density at radius 1 is 1.41 bits per heavy atom. The molecular formula is C11H16ClNO3S. The summed E-state index contributed by atoms with van der Waals surface area (Å²) in [6.07, 6.45) is 5.36. The van der Waals surface area contributed by atoms with Crippen molar-refractivity contribution in [3.63, 3.8) is 0 Å². The Labute approximate surface area is 106 Å². The highest BCUT2D eigenvalue weighted by Crippen LogP contribution is 2.37. The first-order chi connectivity index (χ1) is 8.01. The van der Waals surface area contributed by atoms with Gasteiger partial charge in [-0.25, -0.2) is 8.42 Å². The third-order valence-electron chi connectivity index (χ3n) is 3.29. The van der Waals surface area contributed by atoms with Crippen molar-refractivity contribution in [3.05, 3.63) is 17.0 Å². The SMILES string of the molecule is CCc1c(CS(=O)(=O)Cl)noc1C1CCCC1. The maximum absolute atomic E-state index is 11.1. The van der Waals surface area contributed by atoms with Gasteiger partial charge in [0.15, 0.2) is 0 Å². The van der Waals surface area contributed by atoms with E-state index in [4.69, 9.17) is 15.2 Å². The molecule has 6 heteroatoms. The average Bonchev–Trinajstić information content (AvgIpc) is 2.82. The normalized spacial score (nSPS) is 17.8. The maximum atomic E-state index is 11.1. The van der Waals surface area contributed by atoms with Gasteiger partial charge in [0.25, 0.3) is 0 Å². The number of rotatable bonds is 4. The number of hydrogen-bond donors (Lipinski definition) is 0. The highest BCUT2D eigenvalue weighted by molar-refractivity contribution is 8.13. The van der Waals surface area contributed by atoms with Crippen LogP contribution in [0.1, 0.15) is 55.5 Å². The molecule has 4 nitrogen and oxygen atoms in total. The van der Waals surface area contributed by atoms with Crippen molar-refractivity contribution in [2.75, 3.05) is 0 Å². The first kappa shape index (κ1) is 12.9. The van der Waals surface area contributed by atoms with E-state index >= 15 is 0 Å². The Bertz CT molecular complexity index is 489. The molecule has 0 N–H and O–H groups in total. The molecule has 1 heterocycles. The molecule has 0 bridgehead atoms. The fourth-order valence-corrected chi connectivity index (χ4v) is 3.38. The van der Waals surface area contributed by atoms with E-state index in [2.05, 4.69) is 5.16 Å². The van der Waals surface area contributed by atoms with Gasteiger partial charge >= 0.3 is 0 Å². The van der Waals surface area contributed by atoms with Gasteiger partial charge in [-0.3, -0.25) is 0 Å². The van der Waals surface area contributed by atoms with Crippen LogP contribution >= 0.6 is 10.7 Å². The summed E-state index contributed by atoms with van der Waals surface area (Å²) in [5.41, 5.74) is 1.41. The number of aromatic nitrogens is 1. The lowest BCUT2D eigenvalue weighted by Crippen LogP contribution is -2.01. The molecule has 0 atom stereocenters. The van der Waals surface area contributed by atoms with Crippen molar-refractivity contribution < 1.29 is 12.9 Å². The molecule has 1 aromatic heterocycles. The predicted molar refractivity (Wildman–Crippen MR) is 65.6 cm³/mol. The summed E-state index contributed by atoms with van der Waals surface area (Å²) in [6.45, 7) is 1.98. The van der Waals surface area contributed by atoms with Crippen molar-refractivity contribution in [1.82, 2.24) is 5.16 Å². The lowest BCUT2D eigenvalue weighted by molar-refractivity contribution is 0.355. The summed E-state index contributed by atoms with van der Waals surface area (Å²) in [6, 6.07) is 0. The van der Waals surface area contributed by atoms with Gasteiger partial charge in [-0.05, 0) is 19.3 Å². The summed E-state index contributed by atoms with van der Waals surface area (Å²) in [4.78, 5) is 0. The highest BCUT2D eigenvalue weighted by Gasteiger charge is 2.27. The van der Waals surface area contributed by atoms with E-state index in [0.29, 0.717) is 11.6 Å². The second-order valence-corrected chi connectivity index (χ2v) is 7.27. The molecule has 0 saturated heterocycles. The zero-order valence-corrected chi connectivity index (χ0v) is 11.4. The van der Waals surface area contributed by atoms with Crippen molar-refractivity contribution in [1.29, 1.82) is 0 Å². The number of nitrogens with zero attached hydrogens (tertiary/aromatic N) is 1. The first-order valence-electron chi connectivity index (χ1n) is 5.91. The summed E-state index contributed by atoms with van der Waals surface area (Å²) >= 11 is 0. The van der Waals surface area contributed by atoms with E-state index < -0.39 is 9.05 Å². The first-order valence-corrected chi connectivity index (χ1v) is 8.38. The lowest BCUT2D eigenvalue weighted by Gasteiger charge is -2.06. The largest absolute Gasteiger partial charge is 0.361 e. The van der Waals surface area contributed by atoms with Crippen LogP contribution in [0.4, 0.5) is 0 Å². The second-order valence-electron chi connectivity index (χ2n) is 4.49. The molecule has 96 valence electrons. The van der Waals surface area contributed by atoms with Crippen LogP contribution in [0.25, 0.3) is 0 Å².